The minimum Gasteiger partial charge on any atom is -0.375 e. The predicted octanol–water partition coefficient (Wildman–Crippen LogP) is 0.147. The lowest BCUT2D eigenvalue weighted by Crippen LogP contribution is -2.44. The van der Waals surface area contributed by atoms with Crippen molar-refractivity contribution < 1.29 is 9.53 Å². The molecule has 1 amide bonds. The smallest absolute Gasteiger partial charge is 0.236 e. The average Bonchev–Trinajstić information content (AvgIpc) is 2.05. The van der Waals surface area contributed by atoms with Gasteiger partial charge in [-0.1, -0.05) is 0 Å². The summed E-state index contributed by atoms with van der Waals surface area (Å²) in [5.41, 5.74) is 0. The van der Waals surface area contributed by atoms with Gasteiger partial charge in [-0.05, 0) is 6.92 Å². The highest BCUT2D eigenvalue weighted by Crippen LogP contribution is 2.05. The monoisotopic (exact) mass is 168 g/mol. The van der Waals surface area contributed by atoms with Crippen molar-refractivity contribution in [2.75, 3.05) is 19.7 Å². The maximum absolute atomic E-state index is 11.2. The van der Waals surface area contributed by atoms with Gasteiger partial charge in [-0.25, -0.2) is 0 Å². The van der Waals surface area contributed by atoms with Crippen LogP contribution < -0.4 is 0 Å². The molecule has 4 nitrogen and oxygen atoms in total. The molecule has 1 aliphatic heterocycles. The minimum atomic E-state index is -0.0901. The average molecular weight is 168 g/mol. The molecule has 1 rings (SSSR count). The highest BCUT2D eigenvalue weighted by atomic mass is 16.5. The molecule has 0 aromatic heterocycles. The summed E-state index contributed by atoms with van der Waals surface area (Å²) >= 11 is 0. The van der Waals surface area contributed by atoms with E-state index in [1.165, 1.54) is 0 Å². The van der Waals surface area contributed by atoms with Crippen molar-refractivity contribution in [1.29, 1.82) is 5.26 Å². The Bertz CT molecular complexity index is 210. The van der Waals surface area contributed by atoms with E-state index in [4.69, 9.17) is 10.00 Å². The zero-order valence-corrected chi connectivity index (χ0v) is 7.12. The van der Waals surface area contributed by atoms with Gasteiger partial charge in [-0.3, -0.25) is 4.79 Å². The highest BCUT2D eigenvalue weighted by molar-refractivity contribution is 5.78. The normalized spacial score (nSPS) is 23.3. The van der Waals surface area contributed by atoms with Crippen LogP contribution in [-0.4, -0.2) is 36.6 Å². The Labute approximate surface area is 71.7 Å². The van der Waals surface area contributed by atoms with Crippen LogP contribution in [0.1, 0.15) is 13.3 Å². The van der Waals surface area contributed by atoms with Gasteiger partial charge in [0.1, 0.15) is 6.42 Å². The van der Waals surface area contributed by atoms with Crippen LogP contribution in [0.3, 0.4) is 0 Å². The van der Waals surface area contributed by atoms with Gasteiger partial charge < -0.3 is 9.64 Å². The van der Waals surface area contributed by atoms with Crippen LogP contribution in [0.15, 0.2) is 0 Å². The van der Waals surface area contributed by atoms with Gasteiger partial charge in [0.2, 0.25) is 5.91 Å². The molecule has 4 heteroatoms. The predicted molar refractivity (Wildman–Crippen MR) is 42.2 cm³/mol. The summed E-state index contributed by atoms with van der Waals surface area (Å²) in [7, 11) is 0. The number of morpholine rings is 1. The molecule has 0 radical (unpaired) electrons. The summed E-state index contributed by atoms with van der Waals surface area (Å²) in [4.78, 5) is 12.9. The maximum atomic E-state index is 11.2. The zero-order chi connectivity index (χ0) is 8.97. The van der Waals surface area contributed by atoms with Gasteiger partial charge in [0.15, 0.2) is 0 Å². The first-order chi connectivity index (χ1) is 5.74. The van der Waals surface area contributed by atoms with Gasteiger partial charge in [0.05, 0.1) is 18.8 Å². The molecule has 0 aromatic carbocycles. The van der Waals surface area contributed by atoms with Crippen LogP contribution in [0, 0.1) is 11.3 Å². The number of amides is 1. The van der Waals surface area contributed by atoms with Gasteiger partial charge >= 0.3 is 0 Å². The van der Waals surface area contributed by atoms with Crippen LogP contribution in [0.4, 0.5) is 0 Å². The molecule has 1 heterocycles. The van der Waals surface area contributed by atoms with Crippen molar-refractivity contribution in [3.8, 4) is 6.07 Å². The molecular weight excluding hydrogens is 156 g/mol. The molecule has 0 unspecified atom stereocenters. The number of carbonyl (C=O) groups is 1. The molecule has 0 spiro atoms. The van der Waals surface area contributed by atoms with Gasteiger partial charge in [-0.2, -0.15) is 5.26 Å². The summed E-state index contributed by atoms with van der Waals surface area (Å²) in [5, 5.41) is 8.30. The second kappa shape index (κ2) is 4.07. The second-order valence-electron chi connectivity index (χ2n) is 2.86. The lowest BCUT2D eigenvalue weighted by molar-refractivity contribution is -0.137. The summed E-state index contributed by atoms with van der Waals surface area (Å²) in [6, 6.07) is 1.85. The van der Waals surface area contributed by atoms with E-state index >= 15 is 0 Å². The summed E-state index contributed by atoms with van der Waals surface area (Å²) < 4.78 is 5.26. The van der Waals surface area contributed by atoms with E-state index in [0.717, 1.165) is 0 Å². The standard InChI is InChI=1S/C8H12N2O2/c1-7-6-10(4-5-12-7)8(11)2-3-9/h7H,2,4-6H2,1H3/t7-/m1/s1. The molecule has 1 fully saturated rings. The number of nitrogens with zero attached hydrogens (tertiary/aromatic N) is 2. The minimum absolute atomic E-state index is 0.0211. The van der Waals surface area contributed by atoms with Crippen molar-refractivity contribution in [3.63, 3.8) is 0 Å². The fourth-order valence-electron chi connectivity index (χ4n) is 1.22. The van der Waals surface area contributed by atoms with E-state index < -0.39 is 0 Å². The van der Waals surface area contributed by atoms with Gasteiger partial charge in [0.25, 0.3) is 0 Å². The summed E-state index contributed by atoms with van der Waals surface area (Å²) in [6.45, 7) is 3.73. The third kappa shape index (κ3) is 2.21. The first kappa shape index (κ1) is 9.01. The van der Waals surface area contributed by atoms with E-state index in [9.17, 15) is 4.79 Å². The second-order valence-corrected chi connectivity index (χ2v) is 2.86. The molecule has 1 atom stereocenters. The maximum Gasteiger partial charge on any atom is 0.236 e. The van der Waals surface area contributed by atoms with Crippen LogP contribution in [0.5, 0.6) is 0 Å². The number of carbonyl (C=O) groups excluding carboxylic acids is 1. The fourth-order valence-corrected chi connectivity index (χ4v) is 1.22. The quantitative estimate of drug-likeness (QED) is 0.560. The number of rotatable bonds is 1. The summed E-state index contributed by atoms with van der Waals surface area (Å²) in [6.07, 6.45) is 0.0774. The zero-order valence-electron chi connectivity index (χ0n) is 7.12. The van der Waals surface area contributed by atoms with Crippen LogP contribution in [0.25, 0.3) is 0 Å². The molecule has 1 saturated heterocycles. The molecular formula is C8H12N2O2. The Morgan fingerprint density at radius 2 is 2.58 bits per heavy atom. The molecule has 0 aliphatic carbocycles. The largest absolute Gasteiger partial charge is 0.375 e. The molecule has 66 valence electrons. The van der Waals surface area contributed by atoms with E-state index in [0.29, 0.717) is 19.7 Å². The molecule has 0 saturated carbocycles. The van der Waals surface area contributed by atoms with Crippen molar-refractivity contribution >= 4 is 5.91 Å². The number of nitriles is 1. The number of hydrogen-bond acceptors (Lipinski definition) is 3. The highest BCUT2D eigenvalue weighted by Gasteiger charge is 2.20. The molecule has 0 N–H and O–H groups in total. The lowest BCUT2D eigenvalue weighted by atomic mass is 10.3. The van der Waals surface area contributed by atoms with Crippen LogP contribution >= 0.6 is 0 Å². The molecule has 12 heavy (non-hydrogen) atoms. The molecule has 0 aromatic rings. The number of hydrogen-bond donors (Lipinski definition) is 0. The first-order valence-corrected chi connectivity index (χ1v) is 4.00. The lowest BCUT2D eigenvalue weighted by Gasteiger charge is -2.30. The fraction of sp³-hybridized carbons (Fsp3) is 0.750. The van der Waals surface area contributed by atoms with Gasteiger partial charge in [-0.15, -0.1) is 0 Å². The molecule has 0 bridgehead atoms. The Morgan fingerprint density at radius 3 is 3.17 bits per heavy atom. The third-order valence-electron chi connectivity index (χ3n) is 1.82. The van der Waals surface area contributed by atoms with Crippen LogP contribution in [-0.2, 0) is 9.53 Å². The summed E-state index contributed by atoms with van der Waals surface area (Å²) in [5.74, 6) is -0.0901. The van der Waals surface area contributed by atoms with Crippen molar-refractivity contribution in [1.82, 2.24) is 4.90 Å². The number of ether oxygens (including phenoxy) is 1. The third-order valence-corrected chi connectivity index (χ3v) is 1.82. The van der Waals surface area contributed by atoms with E-state index in [1.807, 2.05) is 13.0 Å². The van der Waals surface area contributed by atoms with E-state index in [1.54, 1.807) is 4.90 Å². The topological polar surface area (TPSA) is 53.3 Å². The van der Waals surface area contributed by atoms with E-state index in [2.05, 4.69) is 0 Å². The SMILES string of the molecule is C[C@@H]1CN(C(=O)CC#N)CCO1. The van der Waals surface area contributed by atoms with E-state index in [-0.39, 0.29) is 18.4 Å². The van der Waals surface area contributed by atoms with Gasteiger partial charge in [0, 0.05) is 13.1 Å². The van der Waals surface area contributed by atoms with Crippen molar-refractivity contribution in [2.45, 2.75) is 19.4 Å². The van der Waals surface area contributed by atoms with Crippen LogP contribution in [0.2, 0.25) is 0 Å². The Morgan fingerprint density at radius 1 is 1.83 bits per heavy atom. The first-order valence-electron chi connectivity index (χ1n) is 4.00. The Hall–Kier alpha value is -1.08. The van der Waals surface area contributed by atoms with Crippen molar-refractivity contribution in [2.24, 2.45) is 0 Å². The molecule has 1 aliphatic rings. The Balaban J connectivity index is 2.41. The van der Waals surface area contributed by atoms with Crippen molar-refractivity contribution in [3.05, 3.63) is 0 Å². The Kier molecular flexibility index (Phi) is 3.06.